The average Bonchev–Trinajstić information content (AvgIpc) is 3.86. The summed E-state index contributed by atoms with van der Waals surface area (Å²) in [4.78, 5) is 2.37. The van der Waals surface area contributed by atoms with Gasteiger partial charge in [-0.15, -0.1) is 0 Å². The number of anilines is 3. The molecule has 0 radical (unpaired) electrons. The predicted molar refractivity (Wildman–Crippen MR) is 224 cm³/mol. The van der Waals surface area contributed by atoms with Crippen molar-refractivity contribution in [3.05, 3.63) is 187 Å². The molecule has 0 aliphatic heterocycles. The zero-order valence-corrected chi connectivity index (χ0v) is 30.0. The van der Waals surface area contributed by atoms with E-state index in [-0.39, 0.29) is 5.41 Å². The summed E-state index contributed by atoms with van der Waals surface area (Å²) in [6, 6.07) is 62.9. The molecule has 10 aromatic rings. The van der Waals surface area contributed by atoms with Gasteiger partial charge >= 0.3 is 0 Å². The number of fused-ring (bicyclic) bond motifs is 9. The Morgan fingerprint density at radius 1 is 0.407 bits per heavy atom. The molecule has 3 heteroatoms. The lowest BCUT2D eigenvalue weighted by molar-refractivity contribution is 0.660. The van der Waals surface area contributed by atoms with E-state index in [9.17, 15) is 0 Å². The van der Waals surface area contributed by atoms with E-state index in [4.69, 9.17) is 8.83 Å². The van der Waals surface area contributed by atoms with Crippen molar-refractivity contribution < 1.29 is 8.83 Å². The third kappa shape index (κ3) is 4.48. The highest BCUT2D eigenvalue weighted by Gasteiger charge is 2.37. The van der Waals surface area contributed by atoms with E-state index in [0.29, 0.717) is 0 Å². The summed E-state index contributed by atoms with van der Waals surface area (Å²) in [7, 11) is 0. The average molecular weight is 694 g/mol. The lowest BCUT2D eigenvalue weighted by Gasteiger charge is -2.29. The van der Waals surface area contributed by atoms with Gasteiger partial charge in [0.15, 0.2) is 5.58 Å². The summed E-state index contributed by atoms with van der Waals surface area (Å²) in [5.41, 5.74) is 16.5. The third-order valence-electron chi connectivity index (χ3n) is 11.5. The zero-order chi connectivity index (χ0) is 36.0. The second-order valence-corrected chi connectivity index (χ2v) is 14.9. The van der Waals surface area contributed by atoms with Crippen molar-refractivity contribution >= 4 is 60.9 Å². The van der Waals surface area contributed by atoms with E-state index in [0.717, 1.165) is 77.6 Å². The molecular formula is C51H35NO2. The summed E-state index contributed by atoms with van der Waals surface area (Å²) in [5.74, 6) is 0. The van der Waals surface area contributed by atoms with Crippen molar-refractivity contribution in [2.24, 2.45) is 0 Å². The molecule has 0 N–H and O–H groups in total. The number of furan rings is 2. The maximum absolute atomic E-state index is 6.71. The highest BCUT2D eigenvalue weighted by atomic mass is 16.3. The molecule has 11 rings (SSSR count). The van der Waals surface area contributed by atoms with Crippen LogP contribution in [0.4, 0.5) is 17.1 Å². The molecular weight excluding hydrogens is 659 g/mol. The third-order valence-corrected chi connectivity index (χ3v) is 11.5. The van der Waals surface area contributed by atoms with E-state index in [1.807, 2.05) is 18.2 Å². The zero-order valence-electron chi connectivity index (χ0n) is 30.0. The molecule has 256 valence electrons. The largest absolute Gasteiger partial charge is 0.456 e. The highest BCUT2D eigenvalue weighted by molar-refractivity contribution is 6.11. The summed E-state index contributed by atoms with van der Waals surface area (Å²) >= 11 is 0. The van der Waals surface area contributed by atoms with Crippen LogP contribution in [-0.2, 0) is 5.41 Å². The Hall–Kier alpha value is -6.84. The second-order valence-electron chi connectivity index (χ2n) is 14.9. The van der Waals surface area contributed by atoms with Crippen molar-refractivity contribution in [3.63, 3.8) is 0 Å². The number of para-hydroxylation sites is 4. The molecule has 0 atom stereocenters. The summed E-state index contributed by atoms with van der Waals surface area (Å²) < 4.78 is 13.0. The molecule has 0 unspecified atom stereocenters. The Morgan fingerprint density at radius 2 is 0.981 bits per heavy atom. The molecule has 3 nitrogen and oxygen atoms in total. The maximum atomic E-state index is 6.71. The Bertz CT molecular complexity index is 3090. The van der Waals surface area contributed by atoms with Crippen LogP contribution in [0, 0.1) is 0 Å². The number of benzene rings is 8. The fourth-order valence-corrected chi connectivity index (χ4v) is 8.90. The van der Waals surface area contributed by atoms with Gasteiger partial charge in [0.25, 0.3) is 0 Å². The first-order valence-corrected chi connectivity index (χ1v) is 18.6. The summed E-state index contributed by atoms with van der Waals surface area (Å²) in [5, 5.41) is 4.47. The monoisotopic (exact) mass is 693 g/mol. The molecule has 1 aliphatic carbocycles. The minimum atomic E-state index is -0.0995. The van der Waals surface area contributed by atoms with E-state index in [2.05, 4.69) is 176 Å². The van der Waals surface area contributed by atoms with E-state index in [1.165, 1.54) is 27.8 Å². The number of nitrogens with zero attached hydrogens (tertiary/aromatic N) is 1. The van der Waals surface area contributed by atoms with E-state index >= 15 is 0 Å². The minimum Gasteiger partial charge on any atom is -0.456 e. The van der Waals surface area contributed by atoms with Gasteiger partial charge in [-0.3, -0.25) is 0 Å². The fourth-order valence-electron chi connectivity index (χ4n) is 8.90. The van der Waals surface area contributed by atoms with Crippen molar-refractivity contribution in [2.45, 2.75) is 19.3 Å². The minimum absolute atomic E-state index is 0.0995. The van der Waals surface area contributed by atoms with Gasteiger partial charge in [0.1, 0.15) is 16.7 Å². The first-order valence-electron chi connectivity index (χ1n) is 18.6. The maximum Gasteiger partial charge on any atom is 0.159 e. The predicted octanol–water partition coefficient (Wildman–Crippen LogP) is 14.6. The fraction of sp³-hybridized carbons (Fsp3) is 0.0588. The highest BCUT2D eigenvalue weighted by Crippen LogP contribution is 2.54. The van der Waals surface area contributed by atoms with Crippen LogP contribution in [0.2, 0.25) is 0 Å². The normalized spacial score (nSPS) is 13.1. The van der Waals surface area contributed by atoms with Gasteiger partial charge in [-0.1, -0.05) is 141 Å². The molecule has 0 fully saturated rings. The van der Waals surface area contributed by atoms with E-state index in [1.54, 1.807) is 0 Å². The van der Waals surface area contributed by atoms with Gasteiger partial charge in [0, 0.05) is 38.2 Å². The quantitative estimate of drug-likeness (QED) is 0.180. The van der Waals surface area contributed by atoms with Gasteiger partial charge in [0.05, 0.1) is 11.4 Å². The molecule has 54 heavy (non-hydrogen) atoms. The smallest absolute Gasteiger partial charge is 0.159 e. The van der Waals surface area contributed by atoms with Crippen LogP contribution in [0.3, 0.4) is 0 Å². The molecule has 0 bridgehead atoms. The topological polar surface area (TPSA) is 29.5 Å². The molecule has 0 saturated heterocycles. The Morgan fingerprint density at radius 3 is 1.81 bits per heavy atom. The molecule has 2 heterocycles. The van der Waals surface area contributed by atoms with Crippen LogP contribution >= 0.6 is 0 Å². The second kappa shape index (κ2) is 11.6. The molecule has 8 aromatic carbocycles. The van der Waals surface area contributed by atoms with E-state index < -0.39 is 0 Å². The first-order chi connectivity index (χ1) is 26.5. The van der Waals surface area contributed by atoms with Crippen LogP contribution in [0.15, 0.2) is 185 Å². The van der Waals surface area contributed by atoms with Crippen LogP contribution in [0.25, 0.3) is 77.3 Å². The van der Waals surface area contributed by atoms with Crippen molar-refractivity contribution in [3.8, 4) is 33.4 Å². The van der Waals surface area contributed by atoms with Gasteiger partial charge in [-0.2, -0.15) is 0 Å². The lowest BCUT2D eigenvalue weighted by atomic mass is 9.82. The van der Waals surface area contributed by atoms with Gasteiger partial charge in [0.2, 0.25) is 0 Å². The van der Waals surface area contributed by atoms with Crippen molar-refractivity contribution in [1.82, 2.24) is 0 Å². The summed E-state index contributed by atoms with van der Waals surface area (Å²) in [6.45, 7) is 4.69. The van der Waals surface area contributed by atoms with Gasteiger partial charge in [-0.25, -0.2) is 0 Å². The SMILES string of the molecule is CC1(C)c2ccccc2-c2c(-c3ccccc3N(c3ccc(-c4ccc5c(c4)oc4ccccc45)cc3)c3cccc4c3oc3ccccc34)cccc21. The van der Waals surface area contributed by atoms with Gasteiger partial charge in [-0.05, 0) is 87.5 Å². The standard InChI is InChI=1S/C51H35NO2/c1-51(2)42-19-7-3-16-41(42)49-39(17-11-20-43(49)51)35-13-4-8-21-44(35)52(45-22-12-18-40-37-15-6-10-24-47(37)54-50(40)45)34-28-25-32(26-29-34)33-27-30-38-36-14-5-9-23-46(36)53-48(38)31-33/h3-31H,1-2H3. The number of rotatable bonds is 5. The Labute approximate surface area is 313 Å². The molecule has 0 spiro atoms. The van der Waals surface area contributed by atoms with Crippen LogP contribution < -0.4 is 4.90 Å². The lowest BCUT2D eigenvalue weighted by Crippen LogP contribution is -2.15. The molecule has 0 saturated carbocycles. The molecule has 1 aliphatic rings. The number of hydrogen-bond donors (Lipinski definition) is 0. The van der Waals surface area contributed by atoms with Gasteiger partial charge < -0.3 is 13.7 Å². The van der Waals surface area contributed by atoms with Crippen LogP contribution in [0.1, 0.15) is 25.0 Å². The molecule has 0 amide bonds. The Balaban J connectivity index is 1.12. The Kier molecular flexibility index (Phi) is 6.60. The number of hydrogen-bond acceptors (Lipinski definition) is 3. The van der Waals surface area contributed by atoms with Crippen LogP contribution in [0.5, 0.6) is 0 Å². The summed E-state index contributed by atoms with van der Waals surface area (Å²) in [6.07, 6.45) is 0. The van der Waals surface area contributed by atoms with Crippen molar-refractivity contribution in [1.29, 1.82) is 0 Å². The van der Waals surface area contributed by atoms with Crippen molar-refractivity contribution in [2.75, 3.05) is 4.90 Å². The molecule has 2 aromatic heterocycles. The van der Waals surface area contributed by atoms with Crippen LogP contribution in [-0.4, -0.2) is 0 Å². The first kappa shape index (κ1) is 30.8.